The van der Waals surface area contributed by atoms with Crippen LogP contribution in [0, 0.1) is 0 Å². The highest BCUT2D eigenvalue weighted by atomic mass is 32.2. The first-order valence-corrected chi connectivity index (χ1v) is 9.72. The fraction of sp³-hybridized carbons (Fsp3) is 0.300. The van der Waals surface area contributed by atoms with E-state index in [1.807, 2.05) is 55.5 Å². The van der Waals surface area contributed by atoms with Gasteiger partial charge in [-0.05, 0) is 48.9 Å². The van der Waals surface area contributed by atoms with E-state index < -0.39 is 0 Å². The van der Waals surface area contributed by atoms with Crippen LogP contribution in [0.3, 0.4) is 0 Å². The minimum Gasteiger partial charge on any atom is -0.494 e. The zero-order valence-electron chi connectivity index (χ0n) is 15.3. The number of benzene rings is 2. The van der Waals surface area contributed by atoms with E-state index in [-0.39, 0.29) is 23.8 Å². The zero-order valence-corrected chi connectivity index (χ0v) is 16.1. The predicted octanol–water partition coefficient (Wildman–Crippen LogP) is 3.45. The Balaban J connectivity index is 1.76. The van der Waals surface area contributed by atoms with E-state index in [0.29, 0.717) is 18.0 Å². The van der Waals surface area contributed by atoms with Gasteiger partial charge >= 0.3 is 0 Å². The molecule has 2 aromatic rings. The normalized spacial score (nSPS) is 16.4. The summed E-state index contributed by atoms with van der Waals surface area (Å²) < 4.78 is 10.3. The summed E-state index contributed by atoms with van der Waals surface area (Å²) >= 11 is 1.59. The molecule has 6 nitrogen and oxygen atoms in total. The van der Waals surface area contributed by atoms with Crippen LogP contribution in [-0.2, 0) is 14.3 Å². The molecule has 2 aromatic carbocycles. The highest BCUT2D eigenvalue weighted by molar-refractivity contribution is 8.00. The van der Waals surface area contributed by atoms with E-state index in [1.54, 1.807) is 16.7 Å². The van der Waals surface area contributed by atoms with Crippen molar-refractivity contribution >= 4 is 35.0 Å². The van der Waals surface area contributed by atoms with Crippen molar-refractivity contribution in [3.8, 4) is 5.75 Å². The van der Waals surface area contributed by atoms with Gasteiger partial charge in [0.1, 0.15) is 17.7 Å². The first-order chi connectivity index (χ1) is 13.1. The van der Waals surface area contributed by atoms with E-state index >= 15 is 0 Å². The number of methoxy groups -OCH3 is 1. The number of carbonyl (C=O) groups excluding carboxylic acids is 2. The van der Waals surface area contributed by atoms with Gasteiger partial charge in [0.15, 0.2) is 0 Å². The van der Waals surface area contributed by atoms with Crippen molar-refractivity contribution in [3.05, 3.63) is 54.1 Å². The van der Waals surface area contributed by atoms with E-state index in [1.165, 1.54) is 7.11 Å². The van der Waals surface area contributed by atoms with Crippen LogP contribution in [0.25, 0.3) is 0 Å². The van der Waals surface area contributed by atoms with Gasteiger partial charge in [-0.15, -0.1) is 11.8 Å². The number of nitrogens with zero attached hydrogens (tertiary/aromatic N) is 1. The summed E-state index contributed by atoms with van der Waals surface area (Å²) in [4.78, 5) is 25.9. The maximum absolute atomic E-state index is 12.5. The van der Waals surface area contributed by atoms with Crippen molar-refractivity contribution in [2.45, 2.75) is 12.3 Å². The molecule has 3 rings (SSSR count). The molecule has 2 amide bonds. The van der Waals surface area contributed by atoms with E-state index in [9.17, 15) is 9.59 Å². The Hall–Kier alpha value is -2.51. The monoisotopic (exact) mass is 386 g/mol. The average Bonchev–Trinajstić information content (AvgIpc) is 3.05. The fourth-order valence-corrected chi connectivity index (χ4v) is 4.06. The number of nitrogens with one attached hydrogen (secondary N) is 1. The van der Waals surface area contributed by atoms with E-state index in [4.69, 9.17) is 9.47 Å². The Bertz CT molecular complexity index is 793. The highest BCUT2D eigenvalue weighted by Gasteiger charge is 2.34. The van der Waals surface area contributed by atoms with Crippen LogP contribution in [0.2, 0.25) is 0 Å². The van der Waals surface area contributed by atoms with Crippen molar-refractivity contribution in [2.24, 2.45) is 0 Å². The lowest BCUT2D eigenvalue weighted by Gasteiger charge is -2.24. The first-order valence-electron chi connectivity index (χ1n) is 8.67. The van der Waals surface area contributed by atoms with E-state index in [2.05, 4.69) is 5.32 Å². The molecule has 1 N–H and O–H groups in total. The lowest BCUT2D eigenvalue weighted by atomic mass is 10.1. The maximum Gasteiger partial charge on any atom is 0.250 e. The number of anilines is 2. The largest absolute Gasteiger partial charge is 0.494 e. The molecular weight excluding hydrogens is 364 g/mol. The molecule has 1 fully saturated rings. The minimum atomic E-state index is -0.202. The molecule has 142 valence electrons. The summed E-state index contributed by atoms with van der Waals surface area (Å²) in [6.45, 7) is 2.56. The predicted molar refractivity (Wildman–Crippen MR) is 107 cm³/mol. The van der Waals surface area contributed by atoms with Gasteiger partial charge in [0.2, 0.25) is 11.8 Å². The van der Waals surface area contributed by atoms with Crippen LogP contribution in [0.5, 0.6) is 5.75 Å². The number of thioether (sulfide) groups is 1. The summed E-state index contributed by atoms with van der Waals surface area (Å²) in [5.74, 6) is 1.09. The highest BCUT2D eigenvalue weighted by Crippen LogP contribution is 2.42. The summed E-state index contributed by atoms with van der Waals surface area (Å²) in [6.07, 6.45) is 0. The Morgan fingerprint density at radius 2 is 1.89 bits per heavy atom. The van der Waals surface area contributed by atoms with Crippen molar-refractivity contribution in [1.82, 2.24) is 0 Å². The lowest BCUT2D eigenvalue weighted by Crippen LogP contribution is -2.27. The van der Waals surface area contributed by atoms with Crippen molar-refractivity contribution in [2.75, 3.05) is 36.3 Å². The zero-order chi connectivity index (χ0) is 19.2. The van der Waals surface area contributed by atoms with Crippen molar-refractivity contribution < 1.29 is 19.1 Å². The Morgan fingerprint density at radius 1 is 1.19 bits per heavy atom. The number of amides is 2. The van der Waals surface area contributed by atoms with E-state index in [0.717, 1.165) is 17.0 Å². The van der Waals surface area contributed by atoms with Crippen LogP contribution in [-0.4, -0.2) is 37.9 Å². The third kappa shape index (κ3) is 4.61. The molecule has 27 heavy (non-hydrogen) atoms. The summed E-state index contributed by atoms with van der Waals surface area (Å²) in [5.41, 5.74) is 2.54. The fourth-order valence-electron chi connectivity index (χ4n) is 2.88. The molecule has 0 bridgehead atoms. The molecule has 0 aliphatic carbocycles. The second-order valence-corrected chi connectivity index (χ2v) is 7.03. The molecule has 1 aliphatic heterocycles. The van der Waals surface area contributed by atoms with Crippen LogP contribution < -0.4 is 15.0 Å². The molecule has 0 spiro atoms. The van der Waals surface area contributed by atoms with Crippen molar-refractivity contribution in [3.63, 3.8) is 0 Å². The number of carbonyl (C=O) groups is 2. The first kappa shape index (κ1) is 19.3. The second-order valence-electron chi connectivity index (χ2n) is 5.96. The van der Waals surface area contributed by atoms with Gasteiger partial charge in [0, 0.05) is 18.5 Å². The number of rotatable bonds is 7. The molecule has 1 aliphatic rings. The Morgan fingerprint density at radius 3 is 2.52 bits per heavy atom. The van der Waals surface area contributed by atoms with Gasteiger partial charge in [0.25, 0.3) is 0 Å². The molecular formula is C20H22N2O4S. The molecule has 1 atom stereocenters. The smallest absolute Gasteiger partial charge is 0.250 e. The quantitative estimate of drug-likeness (QED) is 0.789. The van der Waals surface area contributed by atoms with Gasteiger partial charge < -0.3 is 14.8 Å². The number of hydrogen-bond acceptors (Lipinski definition) is 5. The number of hydrogen-bond donors (Lipinski definition) is 1. The van der Waals surface area contributed by atoms with Gasteiger partial charge in [-0.3, -0.25) is 14.5 Å². The molecule has 0 aromatic heterocycles. The maximum atomic E-state index is 12.5. The summed E-state index contributed by atoms with van der Waals surface area (Å²) in [6, 6.07) is 15.1. The van der Waals surface area contributed by atoms with Gasteiger partial charge in [-0.1, -0.05) is 12.1 Å². The van der Waals surface area contributed by atoms with Crippen LogP contribution in [0.1, 0.15) is 17.9 Å². The van der Waals surface area contributed by atoms with Crippen molar-refractivity contribution in [1.29, 1.82) is 0 Å². The Labute approximate surface area is 162 Å². The minimum absolute atomic E-state index is 0.0141. The molecule has 7 heteroatoms. The summed E-state index contributed by atoms with van der Waals surface area (Å²) in [5, 5.41) is 2.67. The molecule has 0 saturated carbocycles. The van der Waals surface area contributed by atoms with Gasteiger partial charge in [-0.25, -0.2) is 0 Å². The van der Waals surface area contributed by atoms with Gasteiger partial charge in [-0.2, -0.15) is 0 Å². The van der Waals surface area contributed by atoms with Gasteiger partial charge in [0.05, 0.1) is 12.4 Å². The molecule has 0 unspecified atom stereocenters. The standard InChI is InChI=1S/C20H22N2O4S/c1-3-26-17-10-8-16(9-11-17)22-19(24)13-27-20(22)14-4-6-15(7-5-14)21-18(23)12-25-2/h4-11,20H,3,12-13H2,1-2H3,(H,21,23)/t20-/m0/s1. The SMILES string of the molecule is CCOc1ccc(N2C(=O)CS[C@H]2c2ccc(NC(=O)COC)cc2)cc1. The Kier molecular flexibility index (Phi) is 6.36. The summed E-state index contributed by atoms with van der Waals surface area (Å²) in [7, 11) is 1.48. The third-order valence-corrected chi connectivity index (χ3v) is 5.26. The molecule has 1 saturated heterocycles. The average molecular weight is 386 g/mol. The lowest BCUT2D eigenvalue weighted by molar-refractivity contribution is -0.119. The second kappa shape index (κ2) is 8.92. The molecule has 0 radical (unpaired) electrons. The number of ether oxygens (including phenoxy) is 2. The van der Waals surface area contributed by atoms with Crippen LogP contribution in [0.15, 0.2) is 48.5 Å². The topological polar surface area (TPSA) is 67.9 Å². The third-order valence-electron chi connectivity index (χ3n) is 4.05. The van der Waals surface area contributed by atoms with Crippen LogP contribution >= 0.6 is 11.8 Å². The molecule has 1 heterocycles. The van der Waals surface area contributed by atoms with Crippen LogP contribution in [0.4, 0.5) is 11.4 Å².